The SMILES string of the molecule is COc1ccc(SC2(CN(C)C(=O)Nc3ccccc3F)C=CC=CC2)cc1. The van der Waals surface area contributed by atoms with Crippen LogP contribution in [-0.4, -0.2) is 36.4 Å². The summed E-state index contributed by atoms with van der Waals surface area (Å²) in [6, 6.07) is 13.7. The van der Waals surface area contributed by atoms with Crippen LogP contribution in [0.25, 0.3) is 0 Å². The highest BCUT2D eigenvalue weighted by Crippen LogP contribution is 2.40. The molecule has 146 valence electrons. The average Bonchev–Trinajstić information content (AvgIpc) is 2.71. The smallest absolute Gasteiger partial charge is 0.321 e. The molecular weight excluding hydrogens is 375 g/mol. The number of thioether (sulfide) groups is 1. The highest BCUT2D eigenvalue weighted by atomic mass is 32.2. The Kier molecular flexibility index (Phi) is 6.41. The summed E-state index contributed by atoms with van der Waals surface area (Å²) in [6.45, 7) is 0.477. The number of ether oxygens (including phenoxy) is 1. The van der Waals surface area contributed by atoms with Gasteiger partial charge in [-0.2, -0.15) is 0 Å². The summed E-state index contributed by atoms with van der Waals surface area (Å²) >= 11 is 1.70. The van der Waals surface area contributed by atoms with E-state index >= 15 is 0 Å². The molecule has 1 atom stereocenters. The number of para-hydroxylation sites is 1. The van der Waals surface area contributed by atoms with Crippen LogP contribution >= 0.6 is 11.8 Å². The van der Waals surface area contributed by atoms with Crippen molar-refractivity contribution in [1.82, 2.24) is 4.90 Å². The molecule has 3 rings (SSSR count). The van der Waals surface area contributed by atoms with Gasteiger partial charge in [0.15, 0.2) is 0 Å². The first-order valence-electron chi connectivity index (χ1n) is 8.95. The van der Waals surface area contributed by atoms with E-state index in [-0.39, 0.29) is 16.5 Å². The lowest BCUT2D eigenvalue weighted by molar-refractivity contribution is 0.219. The van der Waals surface area contributed by atoms with E-state index < -0.39 is 5.82 Å². The van der Waals surface area contributed by atoms with Crippen molar-refractivity contribution in [3.05, 3.63) is 78.7 Å². The van der Waals surface area contributed by atoms with Gasteiger partial charge >= 0.3 is 6.03 Å². The fourth-order valence-electron chi connectivity index (χ4n) is 3.00. The molecule has 0 saturated heterocycles. The lowest BCUT2D eigenvalue weighted by Gasteiger charge is -2.34. The Hall–Kier alpha value is -2.73. The molecule has 1 aliphatic carbocycles. The Morgan fingerprint density at radius 3 is 2.61 bits per heavy atom. The molecule has 0 spiro atoms. The van der Waals surface area contributed by atoms with Crippen molar-refractivity contribution in [3.63, 3.8) is 0 Å². The van der Waals surface area contributed by atoms with Gasteiger partial charge in [-0.05, 0) is 42.8 Å². The van der Waals surface area contributed by atoms with Crippen molar-refractivity contribution in [2.24, 2.45) is 0 Å². The van der Waals surface area contributed by atoms with Gasteiger partial charge in [0.1, 0.15) is 11.6 Å². The van der Waals surface area contributed by atoms with Crippen molar-refractivity contribution < 1.29 is 13.9 Å². The second-order valence-electron chi connectivity index (χ2n) is 6.60. The molecule has 0 aromatic heterocycles. The van der Waals surface area contributed by atoms with E-state index in [0.717, 1.165) is 17.1 Å². The van der Waals surface area contributed by atoms with E-state index in [4.69, 9.17) is 4.74 Å². The maximum Gasteiger partial charge on any atom is 0.321 e. The van der Waals surface area contributed by atoms with Gasteiger partial charge in [0.25, 0.3) is 0 Å². The van der Waals surface area contributed by atoms with Gasteiger partial charge in [-0.1, -0.05) is 36.4 Å². The number of nitrogens with zero attached hydrogens (tertiary/aromatic N) is 1. The minimum absolute atomic E-state index is 0.176. The number of benzene rings is 2. The number of methoxy groups -OCH3 is 1. The van der Waals surface area contributed by atoms with Crippen molar-refractivity contribution in [3.8, 4) is 5.75 Å². The maximum absolute atomic E-state index is 13.8. The Balaban J connectivity index is 1.72. The monoisotopic (exact) mass is 398 g/mol. The molecule has 0 heterocycles. The Morgan fingerprint density at radius 2 is 1.96 bits per heavy atom. The van der Waals surface area contributed by atoms with Gasteiger partial charge < -0.3 is 15.0 Å². The number of halogens is 1. The van der Waals surface area contributed by atoms with Crippen molar-refractivity contribution in [1.29, 1.82) is 0 Å². The Bertz CT molecular complexity index is 882. The van der Waals surface area contributed by atoms with Crippen LogP contribution in [0.5, 0.6) is 5.75 Å². The number of nitrogens with one attached hydrogen (secondary N) is 1. The number of carbonyl (C=O) groups is 1. The summed E-state index contributed by atoms with van der Waals surface area (Å²) in [4.78, 5) is 15.3. The van der Waals surface area contributed by atoms with E-state index in [1.165, 1.54) is 6.07 Å². The van der Waals surface area contributed by atoms with Crippen LogP contribution in [0.15, 0.2) is 77.7 Å². The predicted molar refractivity (Wildman–Crippen MR) is 113 cm³/mol. The first kappa shape index (κ1) is 20.0. The number of rotatable bonds is 6. The molecule has 1 unspecified atom stereocenters. The molecular formula is C22H23FN2O2S. The van der Waals surface area contributed by atoms with Crippen LogP contribution in [0.3, 0.4) is 0 Å². The Labute approximate surface area is 169 Å². The second kappa shape index (κ2) is 8.97. The number of urea groups is 1. The third-order valence-corrected chi connectivity index (χ3v) is 5.80. The lowest BCUT2D eigenvalue weighted by Crippen LogP contribution is -2.42. The molecule has 28 heavy (non-hydrogen) atoms. The standard InChI is InChI=1S/C22H23FN2O2S/c1-25(21(26)24-20-9-5-4-8-19(20)23)16-22(14-6-3-7-15-22)28-18-12-10-17(27-2)11-13-18/h3-14H,15-16H2,1-2H3,(H,24,26). The van der Waals surface area contributed by atoms with E-state index in [1.807, 2.05) is 36.4 Å². The van der Waals surface area contributed by atoms with Crippen LogP contribution in [0.2, 0.25) is 0 Å². The van der Waals surface area contributed by atoms with E-state index in [1.54, 1.807) is 49.0 Å². The average molecular weight is 399 g/mol. The third-order valence-electron chi connectivity index (χ3n) is 4.46. The highest BCUT2D eigenvalue weighted by Gasteiger charge is 2.32. The normalized spacial score (nSPS) is 18.0. The number of allylic oxidation sites excluding steroid dienone is 3. The summed E-state index contributed by atoms with van der Waals surface area (Å²) in [6.07, 6.45) is 9.01. The molecule has 1 aliphatic rings. The number of carbonyl (C=O) groups excluding carboxylic acids is 1. The molecule has 4 nitrogen and oxygen atoms in total. The van der Waals surface area contributed by atoms with Crippen LogP contribution in [0, 0.1) is 5.82 Å². The summed E-state index contributed by atoms with van der Waals surface area (Å²) in [5.41, 5.74) is 0.176. The van der Waals surface area contributed by atoms with E-state index in [0.29, 0.717) is 6.54 Å². The van der Waals surface area contributed by atoms with Gasteiger partial charge in [0.2, 0.25) is 0 Å². The summed E-state index contributed by atoms with van der Waals surface area (Å²) < 4.78 is 18.7. The number of anilines is 1. The predicted octanol–water partition coefficient (Wildman–Crippen LogP) is 5.35. The molecule has 2 aromatic carbocycles. The van der Waals surface area contributed by atoms with Gasteiger partial charge in [0, 0.05) is 18.5 Å². The molecule has 1 N–H and O–H groups in total. The number of amides is 2. The zero-order valence-corrected chi connectivity index (χ0v) is 16.7. The first-order chi connectivity index (χ1) is 13.5. The molecule has 0 bridgehead atoms. The highest BCUT2D eigenvalue weighted by molar-refractivity contribution is 8.01. The van der Waals surface area contributed by atoms with Crippen LogP contribution < -0.4 is 10.1 Å². The van der Waals surface area contributed by atoms with Crippen LogP contribution in [-0.2, 0) is 0 Å². The molecule has 2 aromatic rings. The van der Waals surface area contributed by atoms with Crippen molar-refractivity contribution >= 4 is 23.5 Å². The zero-order chi connectivity index (χ0) is 20.0. The summed E-state index contributed by atoms with van der Waals surface area (Å²) in [5.74, 6) is 0.353. The van der Waals surface area contributed by atoms with Gasteiger partial charge in [-0.25, -0.2) is 9.18 Å². The topological polar surface area (TPSA) is 41.6 Å². The molecule has 0 fully saturated rings. The number of hydrogen-bond donors (Lipinski definition) is 1. The molecule has 0 aliphatic heterocycles. The molecule has 2 amide bonds. The molecule has 0 saturated carbocycles. The van der Waals surface area contributed by atoms with Crippen LogP contribution in [0.4, 0.5) is 14.9 Å². The van der Waals surface area contributed by atoms with Crippen LogP contribution in [0.1, 0.15) is 6.42 Å². The molecule has 6 heteroatoms. The minimum atomic E-state index is -0.452. The first-order valence-corrected chi connectivity index (χ1v) is 9.77. The lowest BCUT2D eigenvalue weighted by atomic mass is 9.99. The third kappa shape index (κ3) is 4.95. The second-order valence-corrected chi connectivity index (χ2v) is 8.09. The fourth-order valence-corrected chi connectivity index (χ4v) is 4.32. The van der Waals surface area contributed by atoms with E-state index in [9.17, 15) is 9.18 Å². The molecule has 0 radical (unpaired) electrons. The Morgan fingerprint density at radius 1 is 1.21 bits per heavy atom. The zero-order valence-electron chi connectivity index (χ0n) is 15.9. The van der Waals surface area contributed by atoms with Gasteiger partial charge in [-0.15, -0.1) is 11.8 Å². The van der Waals surface area contributed by atoms with E-state index in [2.05, 4.69) is 17.5 Å². The number of hydrogen-bond acceptors (Lipinski definition) is 3. The largest absolute Gasteiger partial charge is 0.497 e. The van der Waals surface area contributed by atoms with Crippen molar-refractivity contribution in [2.45, 2.75) is 16.1 Å². The minimum Gasteiger partial charge on any atom is -0.497 e. The quantitative estimate of drug-likeness (QED) is 0.714. The van der Waals surface area contributed by atoms with Gasteiger partial charge in [0.05, 0.1) is 17.5 Å². The van der Waals surface area contributed by atoms with Crippen molar-refractivity contribution in [2.75, 3.05) is 26.0 Å². The van der Waals surface area contributed by atoms with Gasteiger partial charge in [-0.3, -0.25) is 0 Å². The maximum atomic E-state index is 13.8. The fraction of sp³-hybridized carbons (Fsp3) is 0.227. The summed E-state index contributed by atoms with van der Waals surface area (Å²) in [5, 5.41) is 2.64. The summed E-state index contributed by atoms with van der Waals surface area (Å²) in [7, 11) is 3.36.